The number of sulfone groups is 1. The Bertz CT molecular complexity index is 1260. The molecule has 2 aromatic carbocycles. The summed E-state index contributed by atoms with van der Waals surface area (Å²) in [6.07, 6.45) is 5.35. The van der Waals surface area contributed by atoms with Crippen LogP contribution in [0.4, 0.5) is 11.4 Å². The van der Waals surface area contributed by atoms with Gasteiger partial charge in [0, 0.05) is 48.5 Å². The van der Waals surface area contributed by atoms with Gasteiger partial charge in [0.2, 0.25) is 0 Å². The van der Waals surface area contributed by atoms with Crippen LogP contribution < -0.4 is 5.32 Å². The van der Waals surface area contributed by atoms with Crippen LogP contribution >= 0.6 is 0 Å². The molecule has 6 nitrogen and oxygen atoms in total. The molecule has 5 rings (SSSR count). The van der Waals surface area contributed by atoms with Crippen molar-refractivity contribution in [2.24, 2.45) is 0 Å². The third kappa shape index (κ3) is 4.27. The van der Waals surface area contributed by atoms with Gasteiger partial charge in [-0.3, -0.25) is 4.90 Å². The van der Waals surface area contributed by atoms with Crippen molar-refractivity contribution in [3.63, 3.8) is 0 Å². The number of anilines is 2. The van der Waals surface area contributed by atoms with E-state index in [1.54, 1.807) is 0 Å². The van der Waals surface area contributed by atoms with Gasteiger partial charge in [0.25, 0.3) is 0 Å². The minimum Gasteiger partial charge on any atom is -0.355 e. The molecule has 166 valence electrons. The second-order valence-corrected chi connectivity index (χ2v) is 11.2. The van der Waals surface area contributed by atoms with Crippen molar-refractivity contribution in [3.8, 4) is 11.4 Å². The quantitative estimate of drug-likeness (QED) is 0.649. The van der Waals surface area contributed by atoms with E-state index in [4.69, 9.17) is 0 Å². The van der Waals surface area contributed by atoms with Crippen molar-refractivity contribution in [1.29, 1.82) is 0 Å². The van der Waals surface area contributed by atoms with E-state index >= 15 is 0 Å². The zero-order valence-electron chi connectivity index (χ0n) is 18.5. The summed E-state index contributed by atoms with van der Waals surface area (Å²) in [6, 6.07) is 12.8. The summed E-state index contributed by atoms with van der Waals surface area (Å²) in [6.45, 7) is 5.76. The lowest BCUT2D eigenvalue weighted by atomic mass is 9.96. The van der Waals surface area contributed by atoms with Crippen LogP contribution in [0.15, 0.2) is 48.8 Å². The Hall–Kier alpha value is -2.77. The van der Waals surface area contributed by atoms with Crippen LogP contribution in [0, 0.1) is 13.8 Å². The van der Waals surface area contributed by atoms with Gasteiger partial charge in [-0.25, -0.2) is 18.4 Å². The average molecular weight is 449 g/mol. The van der Waals surface area contributed by atoms with Gasteiger partial charge in [0.05, 0.1) is 11.5 Å². The number of aryl methyl sites for hydroxylation is 2. The monoisotopic (exact) mass is 448 g/mol. The number of nitrogens with one attached hydrogen (secondary N) is 1. The van der Waals surface area contributed by atoms with E-state index in [2.05, 4.69) is 63.5 Å². The van der Waals surface area contributed by atoms with Crippen LogP contribution in [-0.4, -0.2) is 47.4 Å². The molecule has 1 fully saturated rings. The molecule has 2 aliphatic rings. The summed E-state index contributed by atoms with van der Waals surface area (Å²) in [7, 11) is -2.87. The van der Waals surface area contributed by atoms with Crippen LogP contribution in [0.2, 0.25) is 0 Å². The van der Waals surface area contributed by atoms with Gasteiger partial charge >= 0.3 is 0 Å². The maximum absolute atomic E-state index is 11.9. The predicted octanol–water partition coefficient (Wildman–Crippen LogP) is 4.05. The van der Waals surface area contributed by atoms with E-state index in [9.17, 15) is 8.42 Å². The van der Waals surface area contributed by atoms with Crippen LogP contribution in [0.25, 0.3) is 11.4 Å². The summed E-state index contributed by atoms with van der Waals surface area (Å²) in [5, 5.41) is 3.61. The van der Waals surface area contributed by atoms with Crippen molar-refractivity contribution >= 4 is 21.2 Å². The topological polar surface area (TPSA) is 75.2 Å². The molecular weight excluding hydrogens is 420 g/mol. The lowest BCUT2D eigenvalue weighted by Gasteiger charge is -2.34. The first-order valence-corrected chi connectivity index (χ1v) is 12.9. The maximum Gasteiger partial charge on any atom is 0.159 e. The molecule has 1 atom stereocenters. The molecule has 1 aromatic heterocycles. The zero-order chi connectivity index (χ0) is 22.3. The minimum absolute atomic E-state index is 0.152. The number of aromatic nitrogens is 2. The van der Waals surface area contributed by atoms with Gasteiger partial charge in [-0.05, 0) is 67.1 Å². The fourth-order valence-corrected chi connectivity index (χ4v) is 6.51. The smallest absolute Gasteiger partial charge is 0.159 e. The Morgan fingerprint density at radius 3 is 2.66 bits per heavy atom. The lowest BCUT2D eigenvalue weighted by molar-refractivity contribution is 0.194. The van der Waals surface area contributed by atoms with Crippen LogP contribution in [-0.2, 0) is 22.8 Å². The molecule has 0 spiro atoms. The van der Waals surface area contributed by atoms with Gasteiger partial charge in [0.1, 0.15) is 0 Å². The summed E-state index contributed by atoms with van der Waals surface area (Å²) in [5.74, 6) is 1.35. The average Bonchev–Trinajstić information content (AvgIpc) is 3.15. The molecule has 3 aromatic rings. The van der Waals surface area contributed by atoms with Gasteiger partial charge in [-0.15, -0.1) is 0 Å². The number of rotatable bonds is 4. The molecular formula is C25H28N4O2S. The molecule has 2 aliphatic heterocycles. The van der Waals surface area contributed by atoms with Crippen molar-refractivity contribution in [2.75, 3.05) is 23.4 Å². The first-order valence-electron chi connectivity index (χ1n) is 11.1. The van der Waals surface area contributed by atoms with Crippen molar-refractivity contribution in [1.82, 2.24) is 14.9 Å². The highest BCUT2D eigenvalue weighted by atomic mass is 32.2. The predicted molar refractivity (Wildman–Crippen MR) is 128 cm³/mol. The molecule has 0 amide bonds. The van der Waals surface area contributed by atoms with Gasteiger partial charge in [-0.1, -0.05) is 18.2 Å². The highest BCUT2D eigenvalue weighted by Gasteiger charge is 2.34. The van der Waals surface area contributed by atoms with E-state index in [-0.39, 0.29) is 6.04 Å². The van der Waals surface area contributed by atoms with E-state index in [1.807, 2.05) is 19.3 Å². The highest BCUT2D eigenvalue weighted by molar-refractivity contribution is 7.91. The van der Waals surface area contributed by atoms with Crippen LogP contribution in [0.5, 0.6) is 0 Å². The van der Waals surface area contributed by atoms with E-state index < -0.39 is 9.84 Å². The second-order valence-electron chi connectivity index (χ2n) is 8.96. The Morgan fingerprint density at radius 1 is 1.09 bits per heavy atom. The Balaban J connectivity index is 1.38. The molecule has 1 saturated heterocycles. The third-order valence-electron chi connectivity index (χ3n) is 6.56. The minimum atomic E-state index is -2.87. The molecule has 3 heterocycles. The molecule has 0 saturated carbocycles. The molecule has 0 aliphatic carbocycles. The number of hydrogen-bond donors (Lipinski definition) is 1. The molecule has 0 radical (unpaired) electrons. The van der Waals surface area contributed by atoms with E-state index in [0.717, 1.165) is 59.8 Å². The fourth-order valence-electron chi connectivity index (χ4n) is 4.75. The first kappa shape index (κ1) is 21.1. The Kier molecular flexibility index (Phi) is 5.47. The van der Waals surface area contributed by atoms with E-state index in [1.165, 1.54) is 11.1 Å². The standard InChI is InChI=1S/C25H28N4O2S/c1-17-13-26-25(27-14-17)23-12-20(7-6-18(23)2)28-24-5-3-4-19-15-29(10-8-22(19)24)21-9-11-32(30,31)16-21/h3-7,12-14,21,28H,8-11,15-16H2,1-2H3. The largest absolute Gasteiger partial charge is 0.355 e. The fraction of sp³-hybridized carbons (Fsp3) is 0.360. The number of fused-ring (bicyclic) bond motifs is 1. The van der Waals surface area contributed by atoms with Crippen LogP contribution in [0.3, 0.4) is 0 Å². The molecule has 1 unspecified atom stereocenters. The van der Waals surface area contributed by atoms with Crippen molar-refractivity contribution < 1.29 is 8.42 Å². The maximum atomic E-state index is 11.9. The number of nitrogens with zero attached hydrogens (tertiary/aromatic N) is 3. The van der Waals surface area contributed by atoms with Gasteiger partial charge in [0.15, 0.2) is 15.7 Å². The summed E-state index contributed by atoms with van der Waals surface area (Å²) >= 11 is 0. The van der Waals surface area contributed by atoms with Crippen LogP contribution in [0.1, 0.15) is 28.7 Å². The van der Waals surface area contributed by atoms with Gasteiger partial charge in [-0.2, -0.15) is 0 Å². The molecule has 7 heteroatoms. The summed E-state index contributed by atoms with van der Waals surface area (Å²) in [4.78, 5) is 11.3. The Morgan fingerprint density at radius 2 is 1.91 bits per heavy atom. The van der Waals surface area contributed by atoms with Crippen molar-refractivity contribution in [3.05, 3.63) is 71.0 Å². The highest BCUT2D eigenvalue weighted by Crippen LogP contribution is 2.32. The SMILES string of the molecule is Cc1cnc(-c2cc(Nc3cccc4c3CCN(C3CCS(=O)(=O)C3)C4)ccc2C)nc1. The lowest BCUT2D eigenvalue weighted by Crippen LogP contribution is -2.40. The number of hydrogen-bond acceptors (Lipinski definition) is 6. The Labute approximate surface area is 189 Å². The first-order chi connectivity index (χ1) is 15.4. The number of benzene rings is 2. The van der Waals surface area contributed by atoms with Crippen molar-refractivity contribution in [2.45, 2.75) is 39.3 Å². The van der Waals surface area contributed by atoms with E-state index in [0.29, 0.717) is 11.5 Å². The summed E-state index contributed by atoms with van der Waals surface area (Å²) in [5.41, 5.74) is 7.91. The normalized spacial score (nSPS) is 20.1. The third-order valence-corrected chi connectivity index (χ3v) is 8.31. The molecule has 0 bridgehead atoms. The van der Waals surface area contributed by atoms with Gasteiger partial charge < -0.3 is 5.32 Å². The second kappa shape index (κ2) is 8.30. The summed E-state index contributed by atoms with van der Waals surface area (Å²) < 4.78 is 23.8. The molecule has 32 heavy (non-hydrogen) atoms. The molecule has 1 N–H and O–H groups in total. The zero-order valence-corrected chi connectivity index (χ0v) is 19.3.